The molecule has 0 saturated heterocycles. The molecule has 0 N–H and O–H groups in total. The third kappa shape index (κ3) is 4.38. The first-order valence-electron chi connectivity index (χ1n) is 5.83. The Balaban J connectivity index is 2.59. The van der Waals surface area contributed by atoms with Gasteiger partial charge in [-0.3, -0.25) is 0 Å². The quantitative estimate of drug-likeness (QED) is 0.673. The van der Waals surface area contributed by atoms with Crippen molar-refractivity contribution < 1.29 is 0 Å². The van der Waals surface area contributed by atoms with E-state index in [1.807, 2.05) is 0 Å². The number of alkyl halides is 1. The van der Waals surface area contributed by atoms with E-state index in [1.54, 1.807) is 0 Å². The Morgan fingerprint density at radius 1 is 1.27 bits per heavy atom. The van der Waals surface area contributed by atoms with Crippen LogP contribution in [0.25, 0.3) is 0 Å². The Morgan fingerprint density at radius 3 is 2.67 bits per heavy atom. The van der Waals surface area contributed by atoms with Gasteiger partial charge in [-0.2, -0.15) is 0 Å². The van der Waals surface area contributed by atoms with Gasteiger partial charge in [0.15, 0.2) is 0 Å². The van der Waals surface area contributed by atoms with Crippen LogP contribution in [-0.4, -0.2) is 4.83 Å². The zero-order valence-corrected chi connectivity index (χ0v) is 11.6. The van der Waals surface area contributed by atoms with Crippen LogP contribution in [0.2, 0.25) is 0 Å². The van der Waals surface area contributed by atoms with E-state index in [-0.39, 0.29) is 0 Å². The molecule has 0 aliphatic heterocycles. The summed E-state index contributed by atoms with van der Waals surface area (Å²) in [5, 5.41) is 0. The van der Waals surface area contributed by atoms with Gasteiger partial charge in [0.05, 0.1) is 0 Å². The van der Waals surface area contributed by atoms with Gasteiger partial charge in [-0.15, -0.1) is 0 Å². The van der Waals surface area contributed by atoms with E-state index < -0.39 is 0 Å². The maximum atomic E-state index is 3.77. The number of unbranched alkanes of at least 4 members (excludes halogenated alkanes) is 1. The number of hydrogen-bond acceptors (Lipinski definition) is 0. The van der Waals surface area contributed by atoms with Crippen LogP contribution < -0.4 is 0 Å². The molecular weight excluding hydrogens is 248 g/mol. The Bertz CT molecular complexity index is 304. The first-order chi connectivity index (χ1) is 7.13. The summed E-state index contributed by atoms with van der Waals surface area (Å²) in [6.45, 7) is 6.62. The van der Waals surface area contributed by atoms with Crippen LogP contribution in [0.4, 0.5) is 0 Å². The van der Waals surface area contributed by atoms with Crippen molar-refractivity contribution in [3.8, 4) is 0 Å². The lowest BCUT2D eigenvalue weighted by Crippen LogP contribution is -2.04. The molecular formula is C14H21Br. The van der Waals surface area contributed by atoms with Crippen LogP contribution in [0.1, 0.15) is 42.9 Å². The highest BCUT2D eigenvalue weighted by Gasteiger charge is 2.07. The van der Waals surface area contributed by atoms with Gasteiger partial charge in [-0.05, 0) is 37.8 Å². The average molecular weight is 269 g/mol. The smallest absolute Gasteiger partial charge is 0.0186 e. The minimum atomic E-state index is 0.637. The minimum Gasteiger partial charge on any atom is -0.0887 e. The van der Waals surface area contributed by atoms with Crippen LogP contribution in [0.15, 0.2) is 18.2 Å². The minimum absolute atomic E-state index is 0.637. The van der Waals surface area contributed by atoms with Crippen molar-refractivity contribution in [3.63, 3.8) is 0 Å². The molecule has 1 aromatic carbocycles. The summed E-state index contributed by atoms with van der Waals surface area (Å²) >= 11 is 3.77. The zero-order valence-electron chi connectivity index (χ0n) is 10.0. The van der Waals surface area contributed by atoms with Gasteiger partial charge >= 0.3 is 0 Å². The number of halogens is 1. The molecule has 1 atom stereocenters. The largest absolute Gasteiger partial charge is 0.0887 e. The maximum absolute atomic E-state index is 3.77. The van der Waals surface area contributed by atoms with Crippen molar-refractivity contribution in [1.29, 1.82) is 0 Å². The van der Waals surface area contributed by atoms with Crippen LogP contribution in [0, 0.1) is 13.8 Å². The number of hydrogen-bond donors (Lipinski definition) is 0. The van der Waals surface area contributed by atoms with Crippen molar-refractivity contribution in [1.82, 2.24) is 0 Å². The van der Waals surface area contributed by atoms with E-state index in [1.165, 1.54) is 36.0 Å². The molecule has 0 bridgehead atoms. The fourth-order valence-corrected chi connectivity index (χ4v) is 2.46. The average Bonchev–Trinajstić information content (AvgIpc) is 2.20. The fraction of sp³-hybridized carbons (Fsp3) is 0.571. The highest BCUT2D eigenvalue weighted by atomic mass is 79.9. The topological polar surface area (TPSA) is 0 Å². The van der Waals surface area contributed by atoms with E-state index in [0.717, 1.165) is 6.42 Å². The molecule has 0 aromatic heterocycles. The second-order valence-corrected chi connectivity index (χ2v) is 5.67. The van der Waals surface area contributed by atoms with Crippen LogP contribution >= 0.6 is 15.9 Å². The van der Waals surface area contributed by atoms with Crippen molar-refractivity contribution in [3.05, 3.63) is 34.9 Å². The number of benzene rings is 1. The highest BCUT2D eigenvalue weighted by molar-refractivity contribution is 9.09. The first-order valence-corrected chi connectivity index (χ1v) is 6.75. The van der Waals surface area contributed by atoms with E-state index >= 15 is 0 Å². The number of rotatable bonds is 5. The lowest BCUT2D eigenvalue weighted by atomic mass is 10.00. The molecule has 1 heteroatoms. The molecule has 0 radical (unpaired) electrons. The molecule has 1 aromatic rings. The van der Waals surface area contributed by atoms with E-state index in [9.17, 15) is 0 Å². The van der Waals surface area contributed by atoms with E-state index in [4.69, 9.17) is 0 Å². The van der Waals surface area contributed by atoms with Crippen molar-refractivity contribution >= 4 is 15.9 Å². The fourth-order valence-electron chi connectivity index (χ4n) is 1.79. The molecule has 1 unspecified atom stereocenters. The summed E-state index contributed by atoms with van der Waals surface area (Å²) in [6.07, 6.45) is 5.05. The third-order valence-corrected chi connectivity index (χ3v) is 3.60. The van der Waals surface area contributed by atoms with Crippen LogP contribution in [0.3, 0.4) is 0 Å². The Morgan fingerprint density at radius 2 is 2.00 bits per heavy atom. The van der Waals surface area contributed by atoms with Gasteiger partial charge in [0.25, 0.3) is 0 Å². The highest BCUT2D eigenvalue weighted by Crippen LogP contribution is 2.19. The van der Waals surface area contributed by atoms with Gasteiger partial charge < -0.3 is 0 Å². The maximum Gasteiger partial charge on any atom is 0.0186 e. The summed E-state index contributed by atoms with van der Waals surface area (Å²) in [4.78, 5) is 0.637. The van der Waals surface area contributed by atoms with Crippen molar-refractivity contribution in [2.24, 2.45) is 0 Å². The standard InChI is InChI=1S/C14H21Br/c1-4-5-6-14(15)10-13-9-11(2)7-8-12(13)3/h7-9,14H,4-6,10H2,1-3H3. The molecule has 0 aliphatic rings. The molecule has 15 heavy (non-hydrogen) atoms. The molecule has 0 fully saturated rings. The van der Waals surface area contributed by atoms with Crippen molar-refractivity contribution in [2.75, 3.05) is 0 Å². The Kier molecular flexibility index (Phi) is 5.38. The van der Waals surface area contributed by atoms with E-state index in [0.29, 0.717) is 4.83 Å². The first kappa shape index (κ1) is 12.8. The number of aryl methyl sites for hydroxylation is 2. The summed E-state index contributed by atoms with van der Waals surface area (Å²) in [5.41, 5.74) is 4.28. The van der Waals surface area contributed by atoms with Crippen LogP contribution in [-0.2, 0) is 6.42 Å². The molecule has 0 amide bonds. The van der Waals surface area contributed by atoms with Gasteiger partial charge in [0, 0.05) is 4.83 Å². The molecule has 84 valence electrons. The monoisotopic (exact) mass is 268 g/mol. The SMILES string of the molecule is CCCCC(Br)Cc1cc(C)ccc1C. The summed E-state index contributed by atoms with van der Waals surface area (Å²) in [7, 11) is 0. The molecule has 0 spiro atoms. The van der Waals surface area contributed by atoms with Gasteiger partial charge in [-0.1, -0.05) is 59.5 Å². The van der Waals surface area contributed by atoms with E-state index in [2.05, 4.69) is 54.9 Å². The van der Waals surface area contributed by atoms with Gasteiger partial charge in [0.2, 0.25) is 0 Å². The lowest BCUT2D eigenvalue weighted by molar-refractivity contribution is 0.686. The normalized spacial score (nSPS) is 12.8. The second-order valence-electron chi connectivity index (χ2n) is 4.37. The molecule has 0 saturated carbocycles. The molecule has 0 heterocycles. The van der Waals surface area contributed by atoms with Gasteiger partial charge in [-0.25, -0.2) is 0 Å². The van der Waals surface area contributed by atoms with Crippen LogP contribution in [0.5, 0.6) is 0 Å². The zero-order chi connectivity index (χ0) is 11.3. The Hall–Kier alpha value is -0.300. The third-order valence-electron chi connectivity index (χ3n) is 2.82. The second kappa shape index (κ2) is 6.32. The predicted molar refractivity (Wildman–Crippen MR) is 71.9 cm³/mol. The Labute approximate surface area is 102 Å². The molecule has 0 nitrogen and oxygen atoms in total. The summed E-state index contributed by atoms with van der Waals surface area (Å²) in [6, 6.07) is 6.73. The lowest BCUT2D eigenvalue weighted by Gasteiger charge is -2.12. The summed E-state index contributed by atoms with van der Waals surface area (Å²) < 4.78 is 0. The predicted octanol–water partition coefficient (Wildman–Crippen LogP) is 4.80. The molecule has 0 aliphatic carbocycles. The summed E-state index contributed by atoms with van der Waals surface area (Å²) in [5.74, 6) is 0. The van der Waals surface area contributed by atoms with Gasteiger partial charge in [0.1, 0.15) is 0 Å². The van der Waals surface area contributed by atoms with Crippen molar-refractivity contribution in [2.45, 2.75) is 51.3 Å². The molecule has 1 rings (SSSR count).